The summed E-state index contributed by atoms with van der Waals surface area (Å²) in [5, 5.41) is 4.22. The lowest BCUT2D eigenvalue weighted by atomic mass is 9.82. The van der Waals surface area contributed by atoms with Gasteiger partial charge in [0.15, 0.2) is 0 Å². The highest BCUT2D eigenvalue weighted by atomic mass is 14.3. The third kappa shape index (κ3) is 13.1. The van der Waals surface area contributed by atoms with Gasteiger partial charge in [-0.05, 0) is 287 Å². The molecule has 0 fully saturated rings. The summed E-state index contributed by atoms with van der Waals surface area (Å²) in [4.78, 5) is 0. The van der Waals surface area contributed by atoms with E-state index in [1.165, 1.54) is 0 Å². The summed E-state index contributed by atoms with van der Waals surface area (Å²) in [7, 11) is 0. The maximum absolute atomic E-state index is 6.50. The van der Waals surface area contributed by atoms with Gasteiger partial charge in [0.2, 0.25) is 0 Å². The molecule has 114 heavy (non-hydrogen) atoms. The van der Waals surface area contributed by atoms with E-state index in [0.29, 0.717) is 44.5 Å². The van der Waals surface area contributed by atoms with E-state index in [1.807, 2.05) is 72.8 Å². The molecule has 0 unspecified atom stereocenters. The highest BCUT2D eigenvalue weighted by molar-refractivity contribution is 6.22. The topological polar surface area (TPSA) is 0 Å². The maximum Gasteiger partial charge on any atom is 0.0477 e. The van der Waals surface area contributed by atoms with Crippen LogP contribution in [0.4, 0.5) is 0 Å². The summed E-state index contributed by atoms with van der Waals surface area (Å²) in [5.74, 6) is 23.3. The highest BCUT2D eigenvalue weighted by Gasteiger charge is 2.25. The van der Waals surface area contributed by atoms with Crippen molar-refractivity contribution >= 4 is 21.5 Å². The predicted molar refractivity (Wildman–Crippen MR) is 481 cm³/mol. The molecule has 17 aromatic carbocycles. The summed E-state index contributed by atoms with van der Waals surface area (Å²) in [5.41, 5.74) is 32.1. The van der Waals surface area contributed by atoms with Gasteiger partial charge in [-0.2, -0.15) is 0 Å². The molecule has 0 aromatic heterocycles. The van der Waals surface area contributed by atoms with Gasteiger partial charge in [-0.1, -0.05) is 290 Å². The van der Waals surface area contributed by atoms with Crippen LogP contribution in [0, 0.1) is 98.8 Å². The van der Waals surface area contributed by atoms with E-state index in [4.69, 9.17) is 51.4 Å². The maximum atomic E-state index is 6.50. The van der Waals surface area contributed by atoms with E-state index < -0.39 is 0 Å². The average molecular weight is 1440 g/mol. The molecule has 0 radical (unpaired) electrons. The average Bonchev–Trinajstić information content (AvgIpc) is 0.726. The molecule has 522 valence electrons. The van der Waals surface area contributed by atoms with Crippen LogP contribution in [0.5, 0.6) is 0 Å². The van der Waals surface area contributed by atoms with Crippen LogP contribution in [-0.2, 0) is 0 Å². The number of fused-ring (bicyclic) bond motifs is 2. The van der Waals surface area contributed by atoms with Crippen LogP contribution in [0.3, 0.4) is 0 Å². The minimum absolute atomic E-state index is 0.595. The summed E-state index contributed by atoms with van der Waals surface area (Å²) < 4.78 is 0. The number of hydrogen-bond donors (Lipinski definition) is 0. The van der Waals surface area contributed by atoms with E-state index in [1.54, 1.807) is 0 Å². The molecule has 0 bridgehead atoms. The number of rotatable bonds is 14. The van der Waals surface area contributed by atoms with Gasteiger partial charge in [0.05, 0.1) is 0 Å². The van der Waals surface area contributed by atoms with E-state index in [0.717, 1.165) is 177 Å². The molecule has 0 heteroatoms. The monoisotopic (exact) mass is 1430 g/mol. The molecule has 0 saturated carbocycles. The van der Waals surface area contributed by atoms with E-state index in [9.17, 15) is 0 Å². The van der Waals surface area contributed by atoms with Gasteiger partial charge < -0.3 is 0 Å². The predicted octanol–water partition coefficient (Wildman–Crippen LogP) is 27.2. The normalized spacial score (nSPS) is 10.7. The Morgan fingerprint density at radius 1 is 0.132 bits per heavy atom. The van der Waals surface area contributed by atoms with Crippen LogP contribution >= 0.6 is 0 Å². The van der Waals surface area contributed by atoms with Crippen molar-refractivity contribution in [1.82, 2.24) is 0 Å². The van der Waals surface area contributed by atoms with Gasteiger partial charge in [0, 0.05) is 44.5 Å². The largest absolute Gasteiger partial charge is 0.115 e. The summed E-state index contributed by atoms with van der Waals surface area (Å²) in [6.45, 7) is 0. The number of terminal acetylenes is 8. The van der Waals surface area contributed by atoms with Gasteiger partial charge in [-0.15, -0.1) is 51.4 Å². The Balaban J connectivity index is 0.954. The van der Waals surface area contributed by atoms with Crippen LogP contribution in [0.1, 0.15) is 44.5 Å². The molecule has 0 aliphatic carbocycles. The van der Waals surface area contributed by atoms with Gasteiger partial charge in [0.1, 0.15) is 0 Å². The second-order valence-corrected chi connectivity index (χ2v) is 28.1. The van der Waals surface area contributed by atoms with Crippen molar-refractivity contribution in [2.45, 2.75) is 0 Å². The quantitative estimate of drug-likeness (QED) is 0.0752. The summed E-state index contributed by atoms with van der Waals surface area (Å²) in [6, 6.07) is 124. The molecule has 0 saturated heterocycles. The zero-order valence-electron chi connectivity index (χ0n) is 62.1. The van der Waals surface area contributed by atoms with Crippen molar-refractivity contribution in [3.63, 3.8) is 0 Å². The lowest BCUT2D eigenvalue weighted by Crippen LogP contribution is -1.97. The molecule has 17 rings (SSSR count). The molecule has 0 N–H and O–H groups in total. The van der Waals surface area contributed by atoms with Crippen molar-refractivity contribution in [2.75, 3.05) is 0 Å². The zero-order chi connectivity index (χ0) is 77.8. The van der Waals surface area contributed by atoms with Gasteiger partial charge in [-0.3, -0.25) is 0 Å². The van der Waals surface area contributed by atoms with Gasteiger partial charge in [-0.25, -0.2) is 0 Å². The van der Waals surface area contributed by atoms with E-state index >= 15 is 0 Å². The molecule has 0 amide bonds. The van der Waals surface area contributed by atoms with E-state index in [2.05, 4.69) is 326 Å². The molecule has 0 aliphatic rings. The fourth-order valence-electron chi connectivity index (χ4n) is 16.3. The third-order valence-electron chi connectivity index (χ3n) is 21.7. The Bertz CT molecular complexity index is 6540. The number of benzene rings is 17. The second kappa shape index (κ2) is 30.8. The van der Waals surface area contributed by atoms with Gasteiger partial charge in [0.25, 0.3) is 0 Å². The van der Waals surface area contributed by atoms with Crippen LogP contribution < -0.4 is 0 Å². The fraction of sp³-hybridized carbons (Fsp3) is 0. The second-order valence-electron chi connectivity index (χ2n) is 28.1. The minimum Gasteiger partial charge on any atom is -0.115 e. The Hall–Kier alpha value is -16.3. The first-order valence-corrected chi connectivity index (χ1v) is 37.5. The Labute approximate surface area is 667 Å². The van der Waals surface area contributed by atoms with Crippen molar-refractivity contribution in [1.29, 1.82) is 0 Å². The van der Waals surface area contributed by atoms with Crippen molar-refractivity contribution < 1.29 is 0 Å². The van der Waals surface area contributed by atoms with Crippen LogP contribution in [0.15, 0.2) is 352 Å². The Morgan fingerprint density at radius 3 is 0.579 bits per heavy atom. The Kier molecular flexibility index (Phi) is 19.1. The van der Waals surface area contributed by atoms with Crippen LogP contribution in [0.2, 0.25) is 0 Å². The van der Waals surface area contributed by atoms with Gasteiger partial charge >= 0.3 is 0 Å². The number of hydrogen-bond acceptors (Lipinski definition) is 0. The zero-order valence-corrected chi connectivity index (χ0v) is 62.1. The summed E-state index contributed by atoms with van der Waals surface area (Å²) in [6.07, 6.45) is 50.7. The fourth-order valence-corrected chi connectivity index (χ4v) is 16.3. The molecular weight excluding hydrogens is 1370 g/mol. The van der Waals surface area contributed by atoms with Crippen LogP contribution in [-0.4, -0.2) is 0 Å². The first-order valence-electron chi connectivity index (χ1n) is 37.5. The lowest BCUT2D eigenvalue weighted by molar-refractivity contribution is 1.51. The molecule has 0 nitrogen and oxygen atoms in total. The first-order chi connectivity index (χ1) is 56.2. The molecule has 0 heterocycles. The molecule has 0 spiro atoms. The third-order valence-corrected chi connectivity index (χ3v) is 21.7. The van der Waals surface area contributed by atoms with Crippen LogP contribution in [0.25, 0.3) is 177 Å². The van der Waals surface area contributed by atoms with Crippen molar-refractivity contribution in [3.8, 4) is 255 Å². The first kappa shape index (κ1) is 70.7. The lowest BCUT2D eigenvalue weighted by Gasteiger charge is -2.21. The molecular formula is C114H66. The highest BCUT2D eigenvalue weighted by Crippen LogP contribution is 2.50. The molecule has 0 aliphatic heterocycles. The van der Waals surface area contributed by atoms with Crippen molar-refractivity contribution in [2.24, 2.45) is 0 Å². The standard InChI is InChI=1S/C114H66/c1-9-75-45-33-53-101(97(75)13-5)105-59-57-83(73-111(105)103-55-35-47-77(11-3)99(103)15-7)89-67-93(91-63-85(79-37-21-17-22-38-79)61-86(64-91)80-39-23-18-24-40-80)71-95(69-89)113-107-49-29-31-51-109(107)114(110-52-32-30-50-108(110)113)96-70-90(68-94(72-96)92-65-87(81-41-25-19-26-42-81)62-88(66-92)82-43-27-20-28-44-82)84-58-60-106(102-54-34-46-76(10-2)98(102)14-6)112(74-84)104-56-36-48-78(12-4)100(104)16-8/h1-8,17-74H. The summed E-state index contributed by atoms with van der Waals surface area (Å²) >= 11 is 0. The molecule has 17 aromatic rings. The SMILES string of the molecule is C#Cc1cccc(-c2ccc(-c3cc(-c4cc(-c5ccccc5)cc(-c5ccccc5)c4)cc(-c4c5ccccc5c(-c5cc(-c6cc(-c7ccccc7)cc(-c7ccccc7)c6)cc(-c6ccc(-c7cccc(C#C)c7C#C)c(-c7cccc(C#C)c7C#C)c6)c5)c5ccccc45)c3)cc2-c2cccc(C#C)c2C#C)c1C#C. The molecule has 0 atom stereocenters. The smallest absolute Gasteiger partial charge is 0.0477 e. The van der Waals surface area contributed by atoms with E-state index in [-0.39, 0.29) is 0 Å². The minimum atomic E-state index is 0.595. The Morgan fingerprint density at radius 2 is 0.342 bits per heavy atom. The van der Waals surface area contributed by atoms with Crippen molar-refractivity contribution in [3.05, 3.63) is 396 Å².